The van der Waals surface area contributed by atoms with Gasteiger partial charge in [-0.15, -0.1) is 0 Å². The van der Waals surface area contributed by atoms with E-state index in [-0.39, 0.29) is 28.7 Å². The number of carbonyl (C=O) groups is 2. The number of rotatable bonds is 10. The summed E-state index contributed by atoms with van der Waals surface area (Å²) in [7, 11) is -3.98. The molecule has 0 spiro atoms. The maximum atomic E-state index is 13.8. The largest absolute Gasteiger partial charge is 0.350 e. The van der Waals surface area contributed by atoms with Gasteiger partial charge in [0.1, 0.15) is 24.7 Å². The van der Waals surface area contributed by atoms with Gasteiger partial charge in [-0.05, 0) is 72.1 Å². The first kappa shape index (κ1) is 31.7. The van der Waals surface area contributed by atoms with Crippen LogP contribution in [0, 0.1) is 5.92 Å². The molecule has 10 nitrogen and oxygen atoms in total. The minimum Gasteiger partial charge on any atom is -0.350 e. The maximum Gasteiger partial charge on any atom is 0.243 e. The highest BCUT2D eigenvalue weighted by Gasteiger charge is 2.38. The summed E-state index contributed by atoms with van der Waals surface area (Å²) in [5.41, 5.74) is 2.34. The Hall–Kier alpha value is -3.28. The molecule has 12 heteroatoms. The molecular weight excluding hydrogens is 576 g/mol. The Morgan fingerprint density at radius 3 is 2.45 bits per heavy atom. The summed E-state index contributed by atoms with van der Waals surface area (Å²) in [5, 5.41) is 7.61. The van der Waals surface area contributed by atoms with Gasteiger partial charge >= 0.3 is 0 Å². The average Bonchev–Trinajstić information content (AvgIpc) is 3.63. The van der Waals surface area contributed by atoms with Crippen molar-refractivity contribution in [2.24, 2.45) is 5.92 Å². The molecule has 2 N–H and O–H groups in total. The highest BCUT2D eigenvalue weighted by molar-refractivity contribution is 7.89. The van der Waals surface area contributed by atoms with Gasteiger partial charge < -0.3 is 10.2 Å². The van der Waals surface area contributed by atoms with E-state index in [9.17, 15) is 18.0 Å². The Bertz CT molecular complexity index is 1500. The number of halogens is 1. The molecule has 0 aliphatic carbocycles. The van der Waals surface area contributed by atoms with E-state index in [0.29, 0.717) is 30.8 Å². The number of benzene rings is 2. The molecule has 0 radical (unpaired) electrons. The van der Waals surface area contributed by atoms with E-state index >= 15 is 0 Å². The average molecular weight is 615 g/mol. The maximum absolute atomic E-state index is 13.8. The second-order valence-electron chi connectivity index (χ2n) is 12.1. The number of likely N-dealkylation sites (tertiary alicyclic amines) is 1. The fraction of sp³-hybridized carbons (Fsp3) is 0.467. The Kier molecular flexibility index (Phi) is 9.74. The molecule has 1 aliphatic heterocycles. The Labute approximate surface area is 252 Å². The highest BCUT2D eigenvalue weighted by atomic mass is 35.5. The van der Waals surface area contributed by atoms with E-state index < -0.39 is 28.0 Å². The number of nitrogens with zero attached hydrogens (tertiary/aromatic N) is 4. The lowest BCUT2D eigenvalue weighted by Gasteiger charge is -2.29. The highest BCUT2D eigenvalue weighted by Crippen LogP contribution is 2.25. The normalized spacial score (nSPS) is 16.5. The molecule has 3 aromatic rings. The minimum atomic E-state index is -3.98. The van der Waals surface area contributed by atoms with Crippen molar-refractivity contribution >= 4 is 33.4 Å². The van der Waals surface area contributed by atoms with Crippen LogP contribution in [0.25, 0.3) is 5.69 Å². The third-order valence-electron chi connectivity index (χ3n) is 7.33. The van der Waals surface area contributed by atoms with E-state index in [1.165, 1.54) is 11.2 Å². The second kappa shape index (κ2) is 12.9. The first-order valence-corrected chi connectivity index (χ1v) is 16.0. The molecular formula is C30H39ClN6O4S. The van der Waals surface area contributed by atoms with Crippen LogP contribution in [0.1, 0.15) is 65.0 Å². The van der Waals surface area contributed by atoms with Gasteiger partial charge in [-0.2, -0.15) is 9.82 Å². The van der Waals surface area contributed by atoms with Gasteiger partial charge in [0.15, 0.2) is 0 Å². The molecule has 42 heavy (non-hydrogen) atoms. The molecule has 0 bridgehead atoms. The number of amides is 2. The van der Waals surface area contributed by atoms with Gasteiger partial charge in [-0.3, -0.25) is 9.59 Å². The SMILES string of the molecule is CC(C)C[C@H](NS(=O)(=O)c1ccc(C(C)(C)C)cc1)C(=O)N1CCC[C@H]1C(=O)NCc1cc(Cl)ccc1-n1cncn1. The first-order valence-electron chi connectivity index (χ1n) is 14.1. The van der Waals surface area contributed by atoms with Crippen molar-refractivity contribution in [1.29, 1.82) is 0 Å². The zero-order valence-electron chi connectivity index (χ0n) is 24.7. The van der Waals surface area contributed by atoms with Crippen LogP contribution in [-0.2, 0) is 31.6 Å². The summed E-state index contributed by atoms with van der Waals surface area (Å²) in [6, 6.07) is 10.3. The van der Waals surface area contributed by atoms with E-state index in [1.807, 2.05) is 13.8 Å². The fourth-order valence-electron chi connectivity index (χ4n) is 5.12. The van der Waals surface area contributed by atoms with Crippen molar-refractivity contribution < 1.29 is 18.0 Å². The monoisotopic (exact) mass is 614 g/mol. The predicted octanol–water partition coefficient (Wildman–Crippen LogP) is 4.22. The summed E-state index contributed by atoms with van der Waals surface area (Å²) in [6.45, 7) is 10.6. The molecule has 1 aliphatic rings. The van der Waals surface area contributed by atoms with Crippen molar-refractivity contribution in [3.63, 3.8) is 0 Å². The summed E-state index contributed by atoms with van der Waals surface area (Å²) in [5.74, 6) is -0.672. The van der Waals surface area contributed by atoms with Crippen molar-refractivity contribution in [3.8, 4) is 5.69 Å². The number of carbonyl (C=O) groups excluding carboxylic acids is 2. The van der Waals surface area contributed by atoms with Gasteiger partial charge in [0.05, 0.1) is 10.6 Å². The van der Waals surface area contributed by atoms with Crippen LogP contribution in [0.15, 0.2) is 60.0 Å². The second-order valence-corrected chi connectivity index (χ2v) is 14.2. The van der Waals surface area contributed by atoms with Gasteiger partial charge in [-0.25, -0.2) is 18.1 Å². The molecule has 1 aromatic heterocycles. The van der Waals surface area contributed by atoms with Gasteiger partial charge in [0, 0.05) is 18.1 Å². The van der Waals surface area contributed by atoms with Crippen molar-refractivity contribution in [2.75, 3.05) is 6.54 Å². The molecule has 1 fully saturated rings. The third kappa shape index (κ3) is 7.56. The Morgan fingerprint density at radius 2 is 1.83 bits per heavy atom. The third-order valence-corrected chi connectivity index (χ3v) is 9.05. The van der Waals surface area contributed by atoms with Crippen LogP contribution in [0.4, 0.5) is 0 Å². The van der Waals surface area contributed by atoms with E-state index in [2.05, 4.69) is 40.9 Å². The number of sulfonamides is 1. The van der Waals surface area contributed by atoms with Crippen molar-refractivity contribution in [1.82, 2.24) is 29.7 Å². The van der Waals surface area contributed by atoms with Crippen molar-refractivity contribution in [2.45, 2.75) is 82.8 Å². The van der Waals surface area contributed by atoms with Gasteiger partial charge in [0.25, 0.3) is 0 Å². The zero-order chi connectivity index (χ0) is 30.7. The van der Waals surface area contributed by atoms with Crippen LogP contribution in [-0.4, -0.2) is 58.5 Å². The van der Waals surface area contributed by atoms with Crippen LogP contribution in [0.5, 0.6) is 0 Å². The van der Waals surface area contributed by atoms with Crippen LogP contribution < -0.4 is 10.0 Å². The summed E-state index contributed by atoms with van der Waals surface area (Å²) < 4.78 is 30.9. The number of aromatic nitrogens is 3. The number of hydrogen-bond donors (Lipinski definition) is 2. The van der Waals surface area contributed by atoms with Crippen LogP contribution in [0.3, 0.4) is 0 Å². The molecule has 2 heterocycles. The predicted molar refractivity (Wildman–Crippen MR) is 162 cm³/mol. The molecule has 2 atom stereocenters. The fourth-order valence-corrected chi connectivity index (χ4v) is 6.51. The van der Waals surface area contributed by atoms with Crippen LogP contribution in [0.2, 0.25) is 5.02 Å². The summed E-state index contributed by atoms with van der Waals surface area (Å²) in [6.07, 6.45) is 4.40. The lowest BCUT2D eigenvalue weighted by atomic mass is 9.87. The molecule has 4 rings (SSSR count). The lowest BCUT2D eigenvalue weighted by molar-refractivity contribution is -0.140. The Morgan fingerprint density at radius 1 is 1.12 bits per heavy atom. The minimum absolute atomic E-state index is 0.0397. The van der Waals surface area contributed by atoms with Gasteiger partial charge in [-0.1, -0.05) is 58.4 Å². The first-order chi connectivity index (χ1) is 19.8. The topological polar surface area (TPSA) is 126 Å². The summed E-state index contributed by atoms with van der Waals surface area (Å²) in [4.78, 5) is 32.8. The standard InChI is InChI=1S/C30H39ClN6O4S/c1-20(2)15-25(35-42(40,41)24-11-8-22(9-12-24)30(3,4)5)29(39)36-14-6-7-27(36)28(38)33-17-21-16-23(31)10-13-26(21)37-19-32-18-34-37/h8-13,16,18-20,25,27,35H,6-7,14-15,17H2,1-5H3,(H,33,38)/t25-,27-/m0/s1. The quantitative estimate of drug-likeness (QED) is 0.352. The number of hydrogen-bond acceptors (Lipinski definition) is 6. The van der Waals surface area contributed by atoms with Gasteiger partial charge in [0.2, 0.25) is 21.8 Å². The van der Waals surface area contributed by atoms with E-state index in [4.69, 9.17) is 11.6 Å². The lowest BCUT2D eigenvalue weighted by Crippen LogP contribution is -2.53. The van der Waals surface area contributed by atoms with E-state index in [1.54, 1.807) is 53.5 Å². The zero-order valence-corrected chi connectivity index (χ0v) is 26.2. The summed E-state index contributed by atoms with van der Waals surface area (Å²) >= 11 is 6.22. The molecule has 226 valence electrons. The van der Waals surface area contributed by atoms with Crippen molar-refractivity contribution in [3.05, 3.63) is 71.3 Å². The van der Waals surface area contributed by atoms with Crippen LogP contribution >= 0.6 is 11.6 Å². The molecule has 2 amide bonds. The molecule has 0 unspecified atom stereocenters. The Balaban J connectivity index is 1.49. The van der Waals surface area contributed by atoms with E-state index in [0.717, 1.165) is 16.8 Å². The molecule has 0 saturated carbocycles. The number of nitrogens with one attached hydrogen (secondary N) is 2. The smallest absolute Gasteiger partial charge is 0.243 e. The molecule has 1 saturated heterocycles. The molecule has 2 aromatic carbocycles.